The number of hydrogen-bond acceptors (Lipinski definition) is 3. The molecule has 22 heavy (non-hydrogen) atoms. The minimum absolute atomic E-state index is 0.118. The Balaban J connectivity index is 1.82. The maximum Gasteiger partial charge on any atom is 0.159 e. The van der Waals surface area contributed by atoms with Crippen LogP contribution in [0.25, 0.3) is 21.9 Å². The zero-order valence-electron chi connectivity index (χ0n) is 13.2. The fourth-order valence-electron chi connectivity index (χ4n) is 2.97. The van der Waals surface area contributed by atoms with Crippen LogP contribution in [-0.4, -0.2) is 24.9 Å². The number of anilines is 1. The Bertz CT molecular complexity index is 876. The number of fused-ring (bicyclic) bond motifs is 3. The lowest BCUT2D eigenvalue weighted by Gasteiger charge is -2.33. The molecule has 0 radical (unpaired) electrons. The number of benzene rings is 2. The van der Waals surface area contributed by atoms with Crippen molar-refractivity contribution in [3.63, 3.8) is 0 Å². The molecular formula is C18H19BN2O. The van der Waals surface area contributed by atoms with E-state index in [2.05, 4.69) is 74.2 Å². The van der Waals surface area contributed by atoms with Crippen molar-refractivity contribution in [3.05, 3.63) is 54.9 Å². The standard InChI is InChI=1S/C18H19BN2O/c1-18(2,19)21-11-10-20(12-21)15-8-5-7-14-13-6-3-4-9-16(13)22-17(14)15/h3-11H,12,19H2,1-2H3. The van der Waals surface area contributed by atoms with Crippen LogP contribution < -0.4 is 4.90 Å². The van der Waals surface area contributed by atoms with Crippen molar-refractivity contribution in [1.29, 1.82) is 0 Å². The third-order valence-electron chi connectivity index (χ3n) is 4.29. The van der Waals surface area contributed by atoms with Crippen LogP contribution in [0.1, 0.15) is 13.8 Å². The molecule has 1 aliphatic heterocycles. The van der Waals surface area contributed by atoms with Crippen LogP contribution in [-0.2, 0) is 0 Å². The van der Waals surface area contributed by atoms with E-state index in [0.29, 0.717) is 0 Å². The summed E-state index contributed by atoms with van der Waals surface area (Å²) in [5.41, 5.74) is 3.15. The van der Waals surface area contributed by atoms with E-state index in [0.717, 1.165) is 23.5 Å². The molecular weight excluding hydrogens is 271 g/mol. The van der Waals surface area contributed by atoms with Crippen molar-refractivity contribution >= 4 is 35.5 Å². The average molecular weight is 290 g/mol. The lowest BCUT2D eigenvalue weighted by molar-refractivity contribution is 0.293. The maximum atomic E-state index is 6.12. The molecule has 3 aromatic rings. The monoisotopic (exact) mass is 290 g/mol. The van der Waals surface area contributed by atoms with Crippen molar-refractivity contribution in [1.82, 2.24) is 4.90 Å². The van der Waals surface area contributed by atoms with Gasteiger partial charge in [0.1, 0.15) is 13.4 Å². The summed E-state index contributed by atoms with van der Waals surface area (Å²) >= 11 is 0. The molecule has 1 aromatic heterocycles. The van der Waals surface area contributed by atoms with Crippen LogP contribution in [0, 0.1) is 0 Å². The van der Waals surface area contributed by atoms with Crippen LogP contribution in [0.3, 0.4) is 0 Å². The summed E-state index contributed by atoms with van der Waals surface area (Å²) in [6.07, 6.45) is 4.29. The Kier molecular flexibility index (Phi) is 2.77. The Labute approximate surface area is 131 Å². The first-order valence-corrected chi connectivity index (χ1v) is 7.66. The van der Waals surface area contributed by atoms with Crippen molar-refractivity contribution < 1.29 is 4.42 Å². The number of hydrogen-bond donors (Lipinski definition) is 0. The first-order chi connectivity index (χ1) is 10.5. The molecule has 0 amide bonds. The van der Waals surface area contributed by atoms with Gasteiger partial charge in [-0.3, -0.25) is 0 Å². The van der Waals surface area contributed by atoms with Crippen LogP contribution in [0.4, 0.5) is 5.69 Å². The third kappa shape index (κ3) is 1.98. The fourth-order valence-corrected chi connectivity index (χ4v) is 2.97. The molecule has 0 N–H and O–H groups in total. The topological polar surface area (TPSA) is 19.6 Å². The molecule has 110 valence electrons. The molecule has 4 heteroatoms. The van der Waals surface area contributed by atoms with Gasteiger partial charge >= 0.3 is 0 Å². The van der Waals surface area contributed by atoms with Gasteiger partial charge in [0.15, 0.2) is 5.58 Å². The van der Waals surface area contributed by atoms with E-state index in [1.165, 1.54) is 10.8 Å². The Morgan fingerprint density at radius 1 is 1.00 bits per heavy atom. The molecule has 2 aromatic carbocycles. The van der Waals surface area contributed by atoms with E-state index in [-0.39, 0.29) is 5.44 Å². The van der Waals surface area contributed by atoms with Gasteiger partial charge in [-0.1, -0.05) is 30.3 Å². The van der Waals surface area contributed by atoms with Gasteiger partial charge in [-0.15, -0.1) is 0 Å². The van der Waals surface area contributed by atoms with E-state index in [1.54, 1.807) is 0 Å². The molecule has 4 rings (SSSR count). The van der Waals surface area contributed by atoms with Crippen LogP contribution in [0.15, 0.2) is 59.3 Å². The van der Waals surface area contributed by atoms with Gasteiger partial charge < -0.3 is 14.2 Å². The molecule has 0 unspecified atom stereocenters. The van der Waals surface area contributed by atoms with Crippen molar-refractivity contribution in [2.45, 2.75) is 19.3 Å². The Morgan fingerprint density at radius 2 is 1.77 bits per heavy atom. The molecule has 0 fully saturated rings. The zero-order chi connectivity index (χ0) is 15.3. The summed E-state index contributed by atoms with van der Waals surface area (Å²) in [5.74, 6) is 0. The van der Waals surface area contributed by atoms with E-state index in [1.807, 2.05) is 12.1 Å². The summed E-state index contributed by atoms with van der Waals surface area (Å²) < 4.78 is 6.12. The van der Waals surface area contributed by atoms with E-state index < -0.39 is 0 Å². The lowest BCUT2D eigenvalue weighted by Crippen LogP contribution is -2.42. The molecule has 1 aliphatic rings. The highest BCUT2D eigenvalue weighted by molar-refractivity contribution is 6.14. The predicted octanol–water partition coefficient (Wildman–Crippen LogP) is 3.51. The highest BCUT2D eigenvalue weighted by atomic mass is 16.3. The molecule has 3 nitrogen and oxygen atoms in total. The zero-order valence-corrected chi connectivity index (χ0v) is 13.2. The van der Waals surface area contributed by atoms with Gasteiger partial charge in [0, 0.05) is 28.6 Å². The molecule has 0 saturated carbocycles. The predicted molar refractivity (Wildman–Crippen MR) is 94.7 cm³/mol. The fraction of sp³-hybridized carbons (Fsp3) is 0.222. The minimum Gasteiger partial charge on any atom is -0.454 e. The van der Waals surface area contributed by atoms with Gasteiger partial charge in [0.2, 0.25) is 0 Å². The van der Waals surface area contributed by atoms with Crippen molar-refractivity contribution in [2.75, 3.05) is 11.6 Å². The second-order valence-corrected chi connectivity index (χ2v) is 6.80. The Morgan fingerprint density at radius 3 is 2.55 bits per heavy atom. The van der Waals surface area contributed by atoms with Crippen molar-refractivity contribution in [3.8, 4) is 0 Å². The number of rotatable bonds is 2. The molecule has 0 saturated heterocycles. The lowest BCUT2D eigenvalue weighted by atomic mass is 9.80. The largest absolute Gasteiger partial charge is 0.454 e. The molecule has 0 atom stereocenters. The first kappa shape index (κ1) is 13.3. The van der Waals surface area contributed by atoms with Crippen LogP contribution >= 0.6 is 0 Å². The smallest absolute Gasteiger partial charge is 0.159 e. The summed E-state index contributed by atoms with van der Waals surface area (Å²) in [5, 5.41) is 2.35. The first-order valence-electron chi connectivity index (χ1n) is 7.66. The molecule has 0 aliphatic carbocycles. The van der Waals surface area contributed by atoms with Gasteiger partial charge in [-0.05, 0) is 26.0 Å². The third-order valence-corrected chi connectivity index (χ3v) is 4.29. The molecule has 0 spiro atoms. The van der Waals surface area contributed by atoms with Crippen LogP contribution in [0.2, 0.25) is 0 Å². The highest BCUT2D eigenvalue weighted by Crippen LogP contribution is 2.36. The molecule has 0 bridgehead atoms. The number of nitrogens with zero attached hydrogens (tertiary/aromatic N) is 2. The minimum atomic E-state index is 0.118. The molecule has 2 heterocycles. The second-order valence-electron chi connectivity index (χ2n) is 6.80. The van der Waals surface area contributed by atoms with Gasteiger partial charge in [0.05, 0.1) is 12.4 Å². The van der Waals surface area contributed by atoms with E-state index >= 15 is 0 Å². The highest BCUT2D eigenvalue weighted by Gasteiger charge is 2.25. The summed E-state index contributed by atoms with van der Waals surface area (Å²) in [4.78, 5) is 4.57. The summed E-state index contributed by atoms with van der Waals surface area (Å²) in [7, 11) is 2.22. The maximum absolute atomic E-state index is 6.12. The summed E-state index contributed by atoms with van der Waals surface area (Å²) in [6, 6.07) is 14.6. The van der Waals surface area contributed by atoms with E-state index in [4.69, 9.17) is 4.42 Å². The quantitative estimate of drug-likeness (QED) is 0.673. The van der Waals surface area contributed by atoms with Gasteiger partial charge in [0.25, 0.3) is 0 Å². The van der Waals surface area contributed by atoms with Crippen molar-refractivity contribution in [2.24, 2.45) is 0 Å². The van der Waals surface area contributed by atoms with Gasteiger partial charge in [-0.2, -0.15) is 0 Å². The summed E-state index contributed by atoms with van der Waals surface area (Å²) in [6.45, 7) is 5.30. The van der Waals surface area contributed by atoms with Crippen LogP contribution in [0.5, 0.6) is 0 Å². The SMILES string of the molecule is BC(C)(C)N1C=CN(c2cccc3c2oc2ccccc23)C1. The Hall–Kier alpha value is -2.36. The normalized spacial score (nSPS) is 15.4. The number of furan rings is 1. The van der Waals surface area contributed by atoms with E-state index in [9.17, 15) is 0 Å². The van der Waals surface area contributed by atoms with Gasteiger partial charge in [-0.25, -0.2) is 0 Å². The second kappa shape index (κ2) is 4.57. The average Bonchev–Trinajstić information content (AvgIpc) is 3.11. The number of para-hydroxylation sites is 2.